The van der Waals surface area contributed by atoms with Crippen molar-refractivity contribution in [2.24, 2.45) is 5.92 Å². The second kappa shape index (κ2) is 7.67. The van der Waals surface area contributed by atoms with Crippen LogP contribution in [-0.2, 0) is 14.4 Å². The maximum atomic E-state index is 13.5. The Labute approximate surface area is 191 Å². The van der Waals surface area contributed by atoms with Crippen LogP contribution in [0.2, 0.25) is 5.02 Å². The Hall–Kier alpha value is -2.87. The second-order valence-electron chi connectivity index (χ2n) is 7.35. The zero-order valence-electron chi connectivity index (χ0n) is 16.0. The number of halogens is 2. The summed E-state index contributed by atoms with van der Waals surface area (Å²) in [5.41, 5.74) is 1.59. The second-order valence-corrected chi connectivity index (χ2v) is 8.70. The van der Waals surface area contributed by atoms with Crippen molar-refractivity contribution in [1.29, 1.82) is 0 Å². The molecular weight excluding hydrogens is 484 g/mol. The van der Waals surface area contributed by atoms with Gasteiger partial charge < -0.3 is 5.11 Å². The summed E-state index contributed by atoms with van der Waals surface area (Å²) in [5.74, 6) is -1.63. The lowest BCUT2D eigenvalue weighted by molar-refractivity contribution is -0.126. The van der Waals surface area contributed by atoms with E-state index in [9.17, 15) is 14.7 Å². The monoisotopic (exact) mass is 498 g/mol. The Morgan fingerprint density at radius 1 is 0.903 bits per heavy atom. The van der Waals surface area contributed by atoms with Gasteiger partial charge in [0.1, 0.15) is 11.7 Å². The normalized spacial score (nSPS) is 22.8. The smallest absolute Gasteiger partial charge is 0.266 e. The molecule has 0 unspecified atom stereocenters. The molecule has 0 spiro atoms. The van der Waals surface area contributed by atoms with E-state index in [0.717, 1.165) is 9.37 Å². The number of hydrogen-bond acceptors (Lipinski definition) is 5. The molecular formula is C23H16BrClN2O4. The molecule has 2 heterocycles. The molecule has 8 heteroatoms. The minimum Gasteiger partial charge on any atom is -0.508 e. The van der Waals surface area contributed by atoms with Gasteiger partial charge in [-0.2, -0.15) is 0 Å². The van der Waals surface area contributed by atoms with Gasteiger partial charge in [0.2, 0.25) is 5.91 Å². The average molecular weight is 500 g/mol. The van der Waals surface area contributed by atoms with Crippen LogP contribution < -0.4 is 9.96 Å². The molecule has 2 aliphatic heterocycles. The fraction of sp³-hybridized carbons (Fsp3) is 0.130. The van der Waals surface area contributed by atoms with Crippen molar-refractivity contribution in [2.45, 2.75) is 12.1 Å². The van der Waals surface area contributed by atoms with Crippen LogP contribution in [0.4, 0.5) is 11.4 Å². The molecule has 3 aromatic carbocycles. The Morgan fingerprint density at radius 3 is 2.32 bits per heavy atom. The van der Waals surface area contributed by atoms with E-state index in [4.69, 9.17) is 16.4 Å². The average Bonchev–Trinajstić information content (AvgIpc) is 3.27. The molecule has 0 bridgehead atoms. The molecule has 3 aromatic rings. The van der Waals surface area contributed by atoms with Crippen molar-refractivity contribution < 1.29 is 19.5 Å². The third-order valence-electron chi connectivity index (χ3n) is 5.52. The molecule has 6 nitrogen and oxygen atoms in total. The molecule has 2 fully saturated rings. The zero-order chi connectivity index (χ0) is 21.7. The Kier molecular flexibility index (Phi) is 4.97. The van der Waals surface area contributed by atoms with Gasteiger partial charge >= 0.3 is 0 Å². The van der Waals surface area contributed by atoms with Crippen LogP contribution in [0.1, 0.15) is 11.6 Å². The van der Waals surface area contributed by atoms with E-state index in [1.807, 2.05) is 6.07 Å². The molecule has 0 aliphatic carbocycles. The number of carbonyl (C=O) groups is 2. The number of imide groups is 1. The quantitative estimate of drug-likeness (QED) is 0.521. The Morgan fingerprint density at radius 2 is 1.61 bits per heavy atom. The van der Waals surface area contributed by atoms with Crippen LogP contribution in [0.25, 0.3) is 0 Å². The van der Waals surface area contributed by atoms with Gasteiger partial charge in [0.25, 0.3) is 5.91 Å². The molecule has 156 valence electrons. The summed E-state index contributed by atoms with van der Waals surface area (Å²) < 4.78 is 0.733. The van der Waals surface area contributed by atoms with Gasteiger partial charge in [-0.05, 0) is 54.6 Å². The third kappa shape index (κ3) is 3.29. The predicted molar refractivity (Wildman–Crippen MR) is 120 cm³/mol. The van der Waals surface area contributed by atoms with Crippen LogP contribution >= 0.6 is 27.5 Å². The van der Waals surface area contributed by atoms with Crippen LogP contribution in [0.5, 0.6) is 5.75 Å². The first-order valence-electron chi connectivity index (χ1n) is 9.58. The minimum absolute atomic E-state index is 0.00910. The van der Waals surface area contributed by atoms with Gasteiger partial charge in [-0.3, -0.25) is 14.4 Å². The standard InChI is InChI=1S/C23H16BrClN2O4/c24-13-6-11-18(28)17(12-13)20-19-21(31-27(20)16-9-7-14(25)8-10-16)23(30)26(22(19)29)15-4-2-1-3-5-15/h1-12,19-21,28H/t19-,20+,21+/m0/s1. The highest BCUT2D eigenvalue weighted by Crippen LogP contribution is 2.49. The molecule has 2 amide bonds. The highest BCUT2D eigenvalue weighted by atomic mass is 79.9. The molecule has 2 aliphatic rings. The number of nitrogens with zero attached hydrogens (tertiary/aromatic N) is 2. The Balaban J connectivity index is 1.63. The number of fused-ring (bicyclic) bond motifs is 1. The summed E-state index contributed by atoms with van der Waals surface area (Å²) in [5, 5.41) is 12.7. The highest BCUT2D eigenvalue weighted by molar-refractivity contribution is 9.10. The van der Waals surface area contributed by atoms with E-state index in [1.165, 1.54) is 5.06 Å². The van der Waals surface area contributed by atoms with E-state index in [1.54, 1.807) is 66.7 Å². The number of phenols is 1. The molecule has 5 rings (SSSR count). The van der Waals surface area contributed by atoms with Gasteiger partial charge in [-0.25, -0.2) is 9.96 Å². The van der Waals surface area contributed by atoms with Crippen molar-refractivity contribution >= 4 is 50.7 Å². The molecule has 1 N–H and O–H groups in total. The highest BCUT2D eigenvalue weighted by Gasteiger charge is 2.60. The first-order valence-corrected chi connectivity index (χ1v) is 10.8. The molecule has 2 saturated heterocycles. The summed E-state index contributed by atoms with van der Waals surface area (Å²) >= 11 is 9.45. The molecule has 0 radical (unpaired) electrons. The van der Waals surface area contributed by atoms with Crippen molar-refractivity contribution in [1.82, 2.24) is 0 Å². The van der Waals surface area contributed by atoms with E-state index >= 15 is 0 Å². The van der Waals surface area contributed by atoms with Crippen molar-refractivity contribution in [3.8, 4) is 5.75 Å². The van der Waals surface area contributed by atoms with Crippen molar-refractivity contribution in [3.05, 3.63) is 87.9 Å². The van der Waals surface area contributed by atoms with Gasteiger partial charge in [0.05, 0.1) is 17.4 Å². The SMILES string of the molecule is O=C1[C@H]2[C@@H](c3cc(Br)ccc3O)N(c3ccc(Cl)cc3)O[C@H]2C(=O)N1c1ccccc1. The fourth-order valence-corrected chi connectivity index (χ4v) is 4.64. The van der Waals surface area contributed by atoms with Gasteiger partial charge in [0.15, 0.2) is 6.10 Å². The first kappa shape index (κ1) is 20.1. The van der Waals surface area contributed by atoms with Crippen molar-refractivity contribution in [3.63, 3.8) is 0 Å². The summed E-state index contributed by atoms with van der Waals surface area (Å²) in [4.78, 5) is 33.9. The number of aromatic hydroxyl groups is 1. The van der Waals surface area contributed by atoms with Gasteiger partial charge in [-0.15, -0.1) is 0 Å². The topological polar surface area (TPSA) is 70.1 Å². The maximum absolute atomic E-state index is 13.5. The van der Waals surface area contributed by atoms with Gasteiger partial charge in [-0.1, -0.05) is 45.7 Å². The maximum Gasteiger partial charge on any atom is 0.266 e. The molecule has 0 aromatic heterocycles. The summed E-state index contributed by atoms with van der Waals surface area (Å²) in [6, 6.07) is 19.9. The predicted octanol–water partition coefficient (Wildman–Crippen LogP) is 4.86. The van der Waals surface area contributed by atoms with Gasteiger partial charge in [0, 0.05) is 15.1 Å². The molecule has 31 heavy (non-hydrogen) atoms. The van der Waals surface area contributed by atoms with E-state index in [2.05, 4.69) is 15.9 Å². The Bertz CT molecular complexity index is 1170. The van der Waals surface area contributed by atoms with E-state index in [-0.39, 0.29) is 11.7 Å². The summed E-state index contributed by atoms with van der Waals surface area (Å²) in [6.07, 6.45) is -1.01. The van der Waals surface area contributed by atoms with Crippen LogP contribution in [0.15, 0.2) is 77.3 Å². The molecule has 0 saturated carbocycles. The number of para-hydroxylation sites is 1. The fourth-order valence-electron chi connectivity index (χ4n) is 4.14. The molecule has 3 atom stereocenters. The van der Waals surface area contributed by atoms with E-state index in [0.29, 0.717) is 22.0 Å². The third-order valence-corrected chi connectivity index (χ3v) is 6.26. The zero-order valence-corrected chi connectivity index (χ0v) is 18.3. The number of hydrogen-bond donors (Lipinski definition) is 1. The van der Waals surface area contributed by atoms with Crippen LogP contribution in [0.3, 0.4) is 0 Å². The largest absolute Gasteiger partial charge is 0.508 e. The number of amides is 2. The number of anilines is 2. The number of phenolic OH excluding ortho intramolecular Hbond substituents is 1. The van der Waals surface area contributed by atoms with Crippen LogP contribution in [-0.4, -0.2) is 23.0 Å². The van der Waals surface area contributed by atoms with Crippen LogP contribution in [0, 0.1) is 5.92 Å². The lowest BCUT2D eigenvalue weighted by Gasteiger charge is -2.29. The number of carbonyl (C=O) groups excluding carboxylic acids is 2. The van der Waals surface area contributed by atoms with E-state index < -0.39 is 24.0 Å². The number of benzene rings is 3. The number of hydroxylamine groups is 1. The number of rotatable bonds is 3. The summed E-state index contributed by atoms with van der Waals surface area (Å²) in [7, 11) is 0. The lowest BCUT2D eigenvalue weighted by Crippen LogP contribution is -2.37. The minimum atomic E-state index is -1.01. The van der Waals surface area contributed by atoms with Crippen molar-refractivity contribution in [2.75, 3.05) is 9.96 Å². The summed E-state index contributed by atoms with van der Waals surface area (Å²) in [6.45, 7) is 0. The first-order chi connectivity index (χ1) is 15.0. The lowest BCUT2D eigenvalue weighted by atomic mass is 9.90.